The maximum Gasteiger partial charge on any atom is 0.318 e. The van der Waals surface area contributed by atoms with Gasteiger partial charge in [0.2, 0.25) is 0 Å². The summed E-state index contributed by atoms with van der Waals surface area (Å²) in [4.78, 5) is 14.1. The number of urea groups is 1. The van der Waals surface area contributed by atoms with Gasteiger partial charge in [-0.1, -0.05) is 17.7 Å². The summed E-state index contributed by atoms with van der Waals surface area (Å²) in [7, 11) is 0. The Morgan fingerprint density at radius 3 is 2.90 bits per heavy atom. The lowest BCUT2D eigenvalue weighted by molar-refractivity contribution is 0.170. The van der Waals surface area contributed by atoms with Crippen LogP contribution in [0, 0.1) is 0 Å². The molecule has 2 aliphatic rings. The largest absolute Gasteiger partial charge is 0.395 e. The molecular formula is C15H19ClN2O2. The van der Waals surface area contributed by atoms with Crippen LogP contribution in [0.2, 0.25) is 5.02 Å². The smallest absolute Gasteiger partial charge is 0.318 e. The van der Waals surface area contributed by atoms with Crippen molar-refractivity contribution in [2.45, 2.75) is 37.8 Å². The molecule has 0 aliphatic heterocycles. The molecule has 0 bridgehead atoms. The second kappa shape index (κ2) is 5.62. The minimum atomic E-state index is -0.0608. The summed E-state index contributed by atoms with van der Waals surface area (Å²) < 4.78 is 0. The average molecular weight is 295 g/mol. The Hall–Kier alpha value is -1.26. The molecule has 1 fully saturated rings. The van der Waals surface area contributed by atoms with Crippen molar-refractivity contribution in [1.82, 2.24) is 10.2 Å². The third-order valence-corrected chi connectivity index (χ3v) is 4.31. The number of nitrogens with zero attached hydrogens (tertiary/aromatic N) is 1. The lowest BCUT2D eigenvalue weighted by Crippen LogP contribution is -2.43. The van der Waals surface area contributed by atoms with Gasteiger partial charge >= 0.3 is 6.03 Å². The molecule has 0 spiro atoms. The maximum atomic E-state index is 12.3. The van der Waals surface area contributed by atoms with E-state index in [-0.39, 0.29) is 18.7 Å². The van der Waals surface area contributed by atoms with Crippen molar-refractivity contribution in [3.63, 3.8) is 0 Å². The highest BCUT2D eigenvalue weighted by atomic mass is 35.5. The van der Waals surface area contributed by atoms with E-state index in [4.69, 9.17) is 16.7 Å². The van der Waals surface area contributed by atoms with Gasteiger partial charge in [0.15, 0.2) is 0 Å². The van der Waals surface area contributed by atoms with Crippen LogP contribution < -0.4 is 5.32 Å². The van der Waals surface area contributed by atoms with Crippen molar-refractivity contribution in [3.05, 3.63) is 34.3 Å². The van der Waals surface area contributed by atoms with Crippen molar-refractivity contribution >= 4 is 17.6 Å². The number of benzene rings is 1. The third-order valence-electron chi connectivity index (χ3n) is 4.07. The molecule has 3 rings (SSSR count). The molecule has 108 valence electrons. The zero-order chi connectivity index (χ0) is 14.1. The Bertz CT molecular complexity index is 517. The molecule has 5 heteroatoms. The zero-order valence-electron chi connectivity index (χ0n) is 11.3. The van der Waals surface area contributed by atoms with Gasteiger partial charge in [0.1, 0.15) is 0 Å². The fraction of sp³-hybridized carbons (Fsp3) is 0.533. The number of hydrogen-bond acceptors (Lipinski definition) is 2. The van der Waals surface area contributed by atoms with Gasteiger partial charge in [-0.3, -0.25) is 0 Å². The van der Waals surface area contributed by atoms with Crippen molar-refractivity contribution in [1.29, 1.82) is 0 Å². The maximum absolute atomic E-state index is 12.3. The number of nitrogens with one attached hydrogen (secondary N) is 1. The van der Waals surface area contributed by atoms with E-state index in [1.807, 2.05) is 18.2 Å². The Balaban J connectivity index is 1.68. The second-order valence-electron chi connectivity index (χ2n) is 5.53. The van der Waals surface area contributed by atoms with Crippen LogP contribution in [-0.2, 0) is 6.42 Å². The number of amides is 2. The summed E-state index contributed by atoms with van der Waals surface area (Å²) in [5.74, 6) is 0. The van der Waals surface area contributed by atoms with E-state index in [0.717, 1.165) is 30.7 Å². The van der Waals surface area contributed by atoms with Crippen LogP contribution in [0.5, 0.6) is 0 Å². The topological polar surface area (TPSA) is 52.6 Å². The van der Waals surface area contributed by atoms with E-state index in [1.165, 1.54) is 11.1 Å². The predicted molar refractivity (Wildman–Crippen MR) is 77.9 cm³/mol. The van der Waals surface area contributed by atoms with Crippen LogP contribution in [-0.4, -0.2) is 35.2 Å². The fourth-order valence-corrected chi connectivity index (χ4v) is 3.11. The van der Waals surface area contributed by atoms with E-state index in [9.17, 15) is 4.79 Å². The number of aryl methyl sites for hydroxylation is 1. The molecule has 4 nitrogen and oxygen atoms in total. The Kier molecular flexibility index (Phi) is 3.85. The van der Waals surface area contributed by atoms with Gasteiger partial charge in [0.25, 0.3) is 0 Å². The van der Waals surface area contributed by atoms with Crippen LogP contribution >= 0.6 is 11.6 Å². The molecule has 0 saturated heterocycles. The number of rotatable bonds is 4. The molecule has 2 amide bonds. The number of carbonyl (C=O) groups excluding carboxylic acids is 1. The van der Waals surface area contributed by atoms with Gasteiger partial charge in [-0.2, -0.15) is 0 Å². The fourth-order valence-electron chi connectivity index (χ4n) is 2.91. The zero-order valence-corrected chi connectivity index (χ0v) is 12.1. The van der Waals surface area contributed by atoms with Crippen molar-refractivity contribution in [2.75, 3.05) is 13.2 Å². The molecule has 2 N–H and O–H groups in total. The van der Waals surface area contributed by atoms with Gasteiger partial charge in [0.05, 0.1) is 12.6 Å². The van der Waals surface area contributed by atoms with Crippen LogP contribution in [0.1, 0.15) is 36.4 Å². The summed E-state index contributed by atoms with van der Waals surface area (Å²) in [6.07, 6.45) is 3.96. The molecular weight excluding hydrogens is 276 g/mol. The molecule has 0 heterocycles. The van der Waals surface area contributed by atoms with Crippen LogP contribution in [0.25, 0.3) is 0 Å². The molecule has 1 atom stereocenters. The third kappa shape index (κ3) is 2.76. The first-order valence-electron chi connectivity index (χ1n) is 7.15. The van der Waals surface area contributed by atoms with E-state index >= 15 is 0 Å². The number of aliphatic hydroxyl groups is 1. The Morgan fingerprint density at radius 2 is 2.20 bits per heavy atom. The normalized spacial score (nSPS) is 20.6. The number of aliphatic hydroxyl groups excluding tert-OH is 1. The van der Waals surface area contributed by atoms with E-state index < -0.39 is 0 Å². The van der Waals surface area contributed by atoms with E-state index in [0.29, 0.717) is 12.6 Å². The number of carbonyl (C=O) groups is 1. The Morgan fingerprint density at radius 1 is 1.40 bits per heavy atom. The highest BCUT2D eigenvalue weighted by Gasteiger charge is 2.34. The SMILES string of the molecule is O=C(N[C@@H]1CCc2cc(Cl)ccc21)N(CCO)C1CC1. The quantitative estimate of drug-likeness (QED) is 0.896. The van der Waals surface area contributed by atoms with Gasteiger partial charge < -0.3 is 15.3 Å². The van der Waals surface area contributed by atoms with Gasteiger partial charge in [-0.25, -0.2) is 4.79 Å². The van der Waals surface area contributed by atoms with Crippen molar-refractivity contribution < 1.29 is 9.90 Å². The van der Waals surface area contributed by atoms with E-state index in [1.54, 1.807) is 4.90 Å². The lowest BCUT2D eigenvalue weighted by atomic mass is 10.1. The first-order valence-corrected chi connectivity index (χ1v) is 7.53. The number of fused-ring (bicyclic) bond motifs is 1. The monoisotopic (exact) mass is 294 g/mol. The molecule has 0 aromatic heterocycles. The lowest BCUT2D eigenvalue weighted by Gasteiger charge is -2.24. The summed E-state index contributed by atoms with van der Waals surface area (Å²) >= 11 is 5.99. The standard InChI is InChI=1S/C15H19ClN2O2/c16-11-2-5-13-10(9-11)1-6-14(13)17-15(20)18(7-8-19)12-3-4-12/h2,5,9,12,14,19H,1,3-4,6-8H2,(H,17,20)/t14-/m1/s1. The van der Waals surface area contributed by atoms with Gasteiger partial charge in [0, 0.05) is 17.6 Å². The van der Waals surface area contributed by atoms with Crippen LogP contribution in [0.15, 0.2) is 18.2 Å². The van der Waals surface area contributed by atoms with Crippen LogP contribution in [0.4, 0.5) is 4.79 Å². The van der Waals surface area contributed by atoms with Crippen molar-refractivity contribution in [2.24, 2.45) is 0 Å². The minimum Gasteiger partial charge on any atom is -0.395 e. The summed E-state index contributed by atoms with van der Waals surface area (Å²) in [5, 5.41) is 12.9. The highest BCUT2D eigenvalue weighted by Crippen LogP contribution is 2.33. The van der Waals surface area contributed by atoms with E-state index in [2.05, 4.69) is 5.32 Å². The molecule has 2 aliphatic carbocycles. The minimum absolute atomic E-state index is 0.0147. The molecule has 0 unspecified atom stereocenters. The second-order valence-corrected chi connectivity index (χ2v) is 5.97. The molecule has 1 saturated carbocycles. The van der Waals surface area contributed by atoms with Gasteiger partial charge in [-0.05, 0) is 48.9 Å². The predicted octanol–water partition coefficient (Wildman–Crippen LogP) is 2.49. The summed E-state index contributed by atoms with van der Waals surface area (Å²) in [6.45, 7) is 0.428. The first-order chi connectivity index (χ1) is 9.69. The molecule has 20 heavy (non-hydrogen) atoms. The van der Waals surface area contributed by atoms with Crippen LogP contribution in [0.3, 0.4) is 0 Å². The molecule has 0 radical (unpaired) electrons. The molecule has 1 aromatic carbocycles. The summed E-state index contributed by atoms with van der Waals surface area (Å²) in [6, 6.07) is 6.17. The summed E-state index contributed by atoms with van der Waals surface area (Å²) in [5.41, 5.74) is 2.39. The Labute approximate surface area is 123 Å². The first kappa shape index (κ1) is 13.7. The highest BCUT2D eigenvalue weighted by molar-refractivity contribution is 6.30. The number of hydrogen-bond donors (Lipinski definition) is 2. The van der Waals surface area contributed by atoms with Gasteiger partial charge in [-0.15, -0.1) is 0 Å². The average Bonchev–Trinajstić information content (AvgIpc) is 3.19. The van der Waals surface area contributed by atoms with Crippen molar-refractivity contribution in [3.8, 4) is 0 Å². The molecule has 1 aromatic rings. The number of halogens is 1.